The normalized spacial score (nSPS) is 22.3. The summed E-state index contributed by atoms with van der Waals surface area (Å²) >= 11 is 0. The van der Waals surface area contributed by atoms with Crippen LogP contribution in [0.15, 0.2) is 0 Å². The second-order valence-corrected chi connectivity index (χ2v) is 4.54. The van der Waals surface area contributed by atoms with Gasteiger partial charge in [-0.3, -0.25) is 4.79 Å². The Morgan fingerprint density at radius 2 is 2.07 bits per heavy atom. The highest BCUT2D eigenvalue weighted by Gasteiger charge is 2.11. The third-order valence-electron chi connectivity index (χ3n) is 3.20. The van der Waals surface area contributed by atoms with Crippen molar-refractivity contribution in [3.63, 3.8) is 0 Å². The van der Waals surface area contributed by atoms with E-state index in [-0.39, 0.29) is 0 Å². The van der Waals surface area contributed by atoms with Crippen LogP contribution in [-0.4, -0.2) is 24.2 Å². The summed E-state index contributed by atoms with van der Waals surface area (Å²) in [6, 6.07) is 0. The number of carboxylic acid groups (broad SMARTS) is 1. The lowest BCUT2D eigenvalue weighted by Gasteiger charge is -2.12. The topological polar surface area (TPSA) is 49.3 Å². The second kappa shape index (κ2) is 7.69. The first-order valence-corrected chi connectivity index (χ1v) is 6.21. The third kappa shape index (κ3) is 6.50. The smallest absolute Gasteiger partial charge is 0.303 e. The maximum absolute atomic E-state index is 10.3. The molecule has 1 aliphatic rings. The van der Waals surface area contributed by atoms with Crippen molar-refractivity contribution in [2.24, 2.45) is 5.92 Å². The lowest BCUT2D eigenvalue weighted by atomic mass is 9.94. The van der Waals surface area contributed by atoms with E-state index in [0.29, 0.717) is 6.42 Å². The lowest BCUT2D eigenvalue weighted by molar-refractivity contribution is -0.137. The summed E-state index contributed by atoms with van der Waals surface area (Å²) in [6.45, 7) is 2.34. The minimum atomic E-state index is -0.659. The molecule has 15 heavy (non-hydrogen) atoms. The Morgan fingerprint density at radius 3 is 2.87 bits per heavy atom. The van der Waals surface area contributed by atoms with Crippen molar-refractivity contribution in [2.45, 2.75) is 51.4 Å². The fourth-order valence-corrected chi connectivity index (χ4v) is 2.27. The van der Waals surface area contributed by atoms with Crippen LogP contribution in [0.1, 0.15) is 51.4 Å². The molecule has 0 aromatic heterocycles. The monoisotopic (exact) mass is 213 g/mol. The highest BCUT2D eigenvalue weighted by Crippen LogP contribution is 2.20. The summed E-state index contributed by atoms with van der Waals surface area (Å²) in [7, 11) is 0. The van der Waals surface area contributed by atoms with E-state index < -0.39 is 5.97 Å². The van der Waals surface area contributed by atoms with Gasteiger partial charge in [-0.2, -0.15) is 0 Å². The first kappa shape index (κ1) is 12.5. The van der Waals surface area contributed by atoms with Gasteiger partial charge in [0.2, 0.25) is 0 Å². The molecule has 3 heteroatoms. The number of carboxylic acids is 1. The molecule has 1 heterocycles. The van der Waals surface area contributed by atoms with Crippen LogP contribution in [0.4, 0.5) is 0 Å². The van der Waals surface area contributed by atoms with Gasteiger partial charge in [0.1, 0.15) is 0 Å². The van der Waals surface area contributed by atoms with Crippen LogP contribution in [0.2, 0.25) is 0 Å². The Hall–Kier alpha value is -0.570. The van der Waals surface area contributed by atoms with Crippen LogP contribution >= 0.6 is 0 Å². The first-order valence-electron chi connectivity index (χ1n) is 6.21. The van der Waals surface area contributed by atoms with Gasteiger partial charge in [-0.15, -0.1) is 0 Å². The predicted octanol–water partition coefficient (Wildman–Crippen LogP) is 2.41. The molecule has 88 valence electrons. The molecular formula is C12H23NO2. The average molecular weight is 213 g/mol. The highest BCUT2D eigenvalue weighted by atomic mass is 16.4. The van der Waals surface area contributed by atoms with Gasteiger partial charge >= 0.3 is 5.97 Å². The first-order chi connectivity index (χ1) is 7.29. The number of unbranched alkanes of at least 4 members (excludes halogenated alkanes) is 2. The van der Waals surface area contributed by atoms with Gasteiger partial charge in [0.25, 0.3) is 0 Å². The standard InChI is InChI=1S/C12H23NO2/c14-12(15)7-3-1-2-5-11-6-4-9-13-10-8-11/h11,13H,1-10H2,(H,14,15). The highest BCUT2D eigenvalue weighted by molar-refractivity contribution is 5.66. The molecule has 1 aliphatic heterocycles. The zero-order chi connectivity index (χ0) is 10.9. The molecule has 0 aromatic carbocycles. The van der Waals surface area contributed by atoms with Crippen LogP contribution in [0.25, 0.3) is 0 Å². The van der Waals surface area contributed by atoms with Crippen molar-refractivity contribution in [1.82, 2.24) is 5.32 Å². The van der Waals surface area contributed by atoms with E-state index in [2.05, 4.69) is 5.32 Å². The molecular weight excluding hydrogens is 190 g/mol. The molecule has 0 radical (unpaired) electrons. The SMILES string of the molecule is O=C(O)CCCCCC1CCCNCC1. The summed E-state index contributed by atoms with van der Waals surface area (Å²) in [6.07, 6.45) is 8.73. The molecule has 0 aliphatic carbocycles. The van der Waals surface area contributed by atoms with Gasteiger partial charge in [0.15, 0.2) is 0 Å². The van der Waals surface area contributed by atoms with E-state index in [1.165, 1.54) is 45.2 Å². The molecule has 0 aromatic rings. The van der Waals surface area contributed by atoms with Crippen molar-refractivity contribution in [3.8, 4) is 0 Å². The van der Waals surface area contributed by atoms with Gasteiger partial charge in [-0.25, -0.2) is 0 Å². The number of carbonyl (C=O) groups is 1. The Morgan fingerprint density at radius 1 is 1.20 bits per heavy atom. The molecule has 1 fully saturated rings. The fourth-order valence-electron chi connectivity index (χ4n) is 2.27. The summed E-state index contributed by atoms with van der Waals surface area (Å²) in [5.41, 5.74) is 0. The van der Waals surface area contributed by atoms with Crippen molar-refractivity contribution in [3.05, 3.63) is 0 Å². The molecule has 2 N–H and O–H groups in total. The van der Waals surface area contributed by atoms with Crippen molar-refractivity contribution < 1.29 is 9.90 Å². The van der Waals surface area contributed by atoms with E-state index in [1.807, 2.05) is 0 Å². The zero-order valence-corrected chi connectivity index (χ0v) is 9.50. The molecule has 1 rings (SSSR count). The maximum atomic E-state index is 10.3. The molecule has 1 saturated heterocycles. The minimum absolute atomic E-state index is 0.340. The fraction of sp³-hybridized carbons (Fsp3) is 0.917. The van der Waals surface area contributed by atoms with Crippen LogP contribution in [0, 0.1) is 5.92 Å². The van der Waals surface area contributed by atoms with E-state index in [9.17, 15) is 4.79 Å². The number of hydrogen-bond donors (Lipinski definition) is 2. The number of rotatable bonds is 6. The summed E-state index contributed by atoms with van der Waals surface area (Å²) in [5.74, 6) is 0.221. The molecule has 1 atom stereocenters. The van der Waals surface area contributed by atoms with E-state index >= 15 is 0 Å². The molecule has 3 nitrogen and oxygen atoms in total. The average Bonchev–Trinajstić information content (AvgIpc) is 2.45. The summed E-state index contributed by atoms with van der Waals surface area (Å²) < 4.78 is 0. The van der Waals surface area contributed by atoms with Gasteiger partial charge in [0, 0.05) is 6.42 Å². The molecule has 1 unspecified atom stereocenters. The second-order valence-electron chi connectivity index (χ2n) is 4.54. The Balaban J connectivity index is 1.96. The zero-order valence-electron chi connectivity index (χ0n) is 9.50. The number of aliphatic carboxylic acids is 1. The van der Waals surface area contributed by atoms with Crippen molar-refractivity contribution >= 4 is 5.97 Å². The number of nitrogens with one attached hydrogen (secondary N) is 1. The Labute approximate surface area is 92.3 Å². The Kier molecular flexibility index (Phi) is 6.41. The van der Waals surface area contributed by atoms with Crippen LogP contribution in [0.5, 0.6) is 0 Å². The summed E-state index contributed by atoms with van der Waals surface area (Å²) in [5, 5.41) is 11.9. The maximum Gasteiger partial charge on any atom is 0.303 e. The van der Waals surface area contributed by atoms with Gasteiger partial charge in [0.05, 0.1) is 0 Å². The van der Waals surface area contributed by atoms with Crippen LogP contribution in [0.3, 0.4) is 0 Å². The van der Waals surface area contributed by atoms with Gasteiger partial charge < -0.3 is 10.4 Å². The largest absolute Gasteiger partial charge is 0.481 e. The van der Waals surface area contributed by atoms with E-state index in [4.69, 9.17) is 5.11 Å². The Bertz CT molecular complexity index is 174. The van der Waals surface area contributed by atoms with Crippen LogP contribution < -0.4 is 5.32 Å². The van der Waals surface area contributed by atoms with Gasteiger partial charge in [-0.05, 0) is 44.7 Å². The van der Waals surface area contributed by atoms with E-state index in [1.54, 1.807) is 0 Å². The third-order valence-corrected chi connectivity index (χ3v) is 3.20. The molecule has 0 spiro atoms. The quantitative estimate of drug-likeness (QED) is 0.666. The molecule has 0 bridgehead atoms. The van der Waals surface area contributed by atoms with Crippen molar-refractivity contribution in [1.29, 1.82) is 0 Å². The summed E-state index contributed by atoms with van der Waals surface area (Å²) in [4.78, 5) is 10.3. The van der Waals surface area contributed by atoms with Gasteiger partial charge in [-0.1, -0.05) is 19.3 Å². The van der Waals surface area contributed by atoms with Crippen molar-refractivity contribution in [2.75, 3.05) is 13.1 Å². The van der Waals surface area contributed by atoms with Crippen LogP contribution in [-0.2, 0) is 4.79 Å². The number of hydrogen-bond acceptors (Lipinski definition) is 2. The molecule has 0 amide bonds. The lowest BCUT2D eigenvalue weighted by Crippen LogP contribution is -2.14. The van der Waals surface area contributed by atoms with E-state index in [0.717, 1.165) is 18.8 Å². The predicted molar refractivity (Wildman–Crippen MR) is 60.9 cm³/mol. The molecule has 0 saturated carbocycles. The minimum Gasteiger partial charge on any atom is -0.481 e.